The van der Waals surface area contributed by atoms with Gasteiger partial charge in [0.05, 0.1) is 17.3 Å². The monoisotopic (exact) mass is 520 g/mol. The number of para-hydroxylation sites is 1. The summed E-state index contributed by atoms with van der Waals surface area (Å²) >= 11 is 0. The molecule has 6 heteroatoms. The molecule has 2 bridgehead atoms. The van der Waals surface area contributed by atoms with Crippen molar-refractivity contribution in [1.82, 2.24) is 14.8 Å². The lowest BCUT2D eigenvalue weighted by Crippen LogP contribution is -2.54. The van der Waals surface area contributed by atoms with Gasteiger partial charge in [0.25, 0.3) is 5.91 Å². The fraction of sp³-hybridized carbons (Fsp3) is 0.333. The first-order chi connectivity index (χ1) is 19.2. The Morgan fingerprint density at radius 3 is 2.44 bits per heavy atom. The molecular formula is C33H36N4O2. The molecular weight excluding hydrogens is 484 g/mol. The van der Waals surface area contributed by atoms with Gasteiger partial charge in [-0.2, -0.15) is 0 Å². The van der Waals surface area contributed by atoms with Crippen LogP contribution in [0.5, 0.6) is 0 Å². The molecule has 0 radical (unpaired) electrons. The van der Waals surface area contributed by atoms with Gasteiger partial charge in [-0.1, -0.05) is 61.5 Å². The Bertz CT molecular complexity index is 1390. The Kier molecular flexibility index (Phi) is 7.57. The first kappa shape index (κ1) is 25.5. The van der Waals surface area contributed by atoms with Crippen LogP contribution < -0.4 is 5.48 Å². The molecule has 4 aromatic rings. The van der Waals surface area contributed by atoms with Crippen molar-refractivity contribution in [2.75, 3.05) is 18.6 Å². The van der Waals surface area contributed by atoms with Crippen LogP contribution in [0.4, 0.5) is 5.69 Å². The number of nitrogens with one attached hydrogen (secondary N) is 1. The van der Waals surface area contributed by atoms with Crippen LogP contribution in [0.1, 0.15) is 47.7 Å². The molecule has 0 spiro atoms. The molecule has 39 heavy (non-hydrogen) atoms. The van der Waals surface area contributed by atoms with E-state index in [1.807, 2.05) is 41.4 Å². The standard InChI is InChI=1S/C33H36N4O2/c1-2-31(20-27-11-6-10-25-12-7-19-34-32(25)27)39-35-28-15-13-26(14-16-28)33(38)36-22-29-17-18-30(23-36)37(29)21-24-8-4-3-5-9-24/h3-16,19,29-31,35H,2,17-18,20-23H2,1H3. The number of carbonyl (C=O) groups is 1. The van der Waals surface area contributed by atoms with E-state index in [0.29, 0.717) is 12.1 Å². The Hall–Kier alpha value is -3.74. The second kappa shape index (κ2) is 11.6. The second-order valence-electron chi connectivity index (χ2n) is 10.8. The van der Waals surface area contributed by atoms with Crippen molar-refractivity contribution >= 4 is 22.5 Å². The van der Waals surface area contributed by atoms with Gasteiger partial charge in [0.2, 0.25) is 0 Å². The van der Waals surface area contributed by atoms with E-state index in [1.54, 1.807) is 0 Å². The number of amides is 1. The SMILES string of the molecule is CCC(Cc1cccc2cccnc12)ONc1ccc(C(=O)N2CC3CCC(C2)N3Cc2ccccc2)cc1. The molecule has 1 N–H and O–H groups in total. The number of aromatic nitrogens is 1. The number of benzene rings is 3. The number of pyridine rings is 1. The number of carbonyl (C=O) groups excluding carboxylic acids is 1. The molecule has 3 atom stereocenters. The minimum Gasteiger partial charge on any atom is -0.336 e. The summed E-state index contributed by atoms with van der Waals surface area (Å²) in [5.74, 6) is 0.119. The van der Waals surface area contributed by atoms with Gasteiger partial charge in [0.15, 0.2) is 0 Å². The van der Waals surface area contributed by atoms with Gasteiger partial charge >= 0.3 is 0 Å². The number of nitrogens with zero attached hydrogens (tertiary/aromatic N) is 3. The minimum atomic E-state index is 0.00146. The molecule has 2 aliphatic rings. The third-order valence-corrected chi connectivity index (χ3v) is 8.22. The second-order valence-corrected chi connectivity index (χ2v) is 10.8. The first-order valence-electron chi connectivity index (χ1n) is 14.1. The van der Waals surface area contributed by atoms with Crippen molar-refractivity contribution in [3.05, 3.63) is 108 Å². The number of fused-ring (bicyclic) bond motifs is 3. The molecule has 3 aromatic carbocycles. The molecule has 3 heterocycles. The summed E-state index contributed by atoms with van der Waals surface area (Å²) in [5.41, 5.74) is 8.23. The summed E-state index contributed by atoms with van der Waals surface area (Å²) in [6.45, 7) is 4.69. The molecule has 2 aliphatic heterocycles. The summed E-state index contributed by atoms with van der Waals surface area (Å²) in [4.78, 5) is 28.7. The first-order valence-corrected chi connectivity index (χ1v) is 14.1. The van der Waals surface area contributed by atoms with Crippen LogP contribution in [0, 0.1) is 0 Å². The maximum atomic E-state index is 13.4. The van der Waals surface area contributed by atoms with Crippen LogP contribution >= 0.6 is 0 Å². The lowest BCUT2D eigenvalue weighted by Gasteiger charge is -2.41. The van der Waals surface area contributed by atoms with E-state index in [9.17, 15) is 4.79 Å². The van der Waals surface area contributed by atoms with E-state index in [1.165, 1.54) is 11.1 Å². The van der Waals surface area contributed by atoms with Gasteiger partial charge in [0.1, 0.15) is 0 Å². The van der Waals surface area contributed by atoms with Crippen LogP contribution in [-0.4, -0.2) is 52.0 Å². The third kappa shape index (κ3) is 5.68. The zero-order valence-corrected chi connectivity index (χ0v) is 22.5. The van der Waals surface area contributed by atoms with E-state index < -0.39 is 0 Å². The average Bonchev–Trinajstić information content (AvgIpc) is 3.21. The van der Waals surface area contributed by atoms with Crippen LogP contribution in [0.3, 0.4) is 0 Å². The molecule has 1 aromatic heterocycles. The molecule has 6 rings (SSSR count). The third-order valence-electron chi connectivity index (χ3n) is 8.22. The highest BCUT2D eigenvalue weighted by atomic mass is 16.7. The molecule has 0 saturated carbocycles. The molecule has 1 amide bonds. The smallest absolute Gasteiger partial charge is 0.253 e. The number of hydrogen-bond donors (Lipinski definition) is 1. The lowest BCUT2D eigenvalue weighted by atomic mass is 10.0. The fourth-order valence-corrected chi connectivity index (χ4v) is 6.07. The van der Waals surface area contributed by atoms with Crippen LogP contribution in [0.2, 0.25) is 0 Å². The van der Waals surface area contributed by atoms with Crippen molar-refractivity contribution in [3.63, 3.8) is 0 Å². The number of likely N-dealkylation sites (tertiary alicyclic amines) is 1. The van der Waals surface area contributed by atoms with Crippen molar-refractivity contribution < 1.29 is 9.63 Å². The van der Waals surface area contributed by atoms with Crippen molar-refractivity contribution in [3.8, 4) is 0 Å². The van der Waals surface area contributed by atoms with Gasteiger partial charge in [-0.05, 0) is 60.7 Å². The quantitative estimate of drug-likeness (QED) is 0.271. The zero-order chi connectivity index (χ0) is 26.6. The molecule has 2 saturated heterocycles. The van der Waals surface area contributed by atoms with E-state index in [0.717, 1.165) is 67.5 Å². The van der Waals surface area contributed by atoms with Crippen LogP contribution in [0.15, 0.2) is 91.1 Å². The Morgan fingerprint density at radius 1 is 0.949 bits per heavy atom. The highest BCUT2D eigenvalue weighted by Crippen LogP contribution is 2.32. The van der Waals surface area contributed by atoms with Crippen molar-refractivity contribution in [2.24, 2.45) is 0 Å². The molecule has 2 fully saturated rings. The largest absolute Gasteiger partial charge is 0.336 e. The van der Waals surface area contributed by atoms with E-state index in [4.69, 9.17) is 4.84 Å². The predicted octanol–water partition coefficient (Wildman–Crippen LogP) is 6.09. The average molecular weight is 521 g/mol. The van der Waals surface area contributed by atoms with Gasteiger partial charge < -0.3 is 4.90 Å². The van der Waals surface area contributed by atoms with E-state index >= 15 is 0 Å². The maximum absolute atomic E-state index is 13.4. The van der Waals surface area contributed by atoms with Gasteiger partial charge in [-0.3, -0.25) is 25.0 Å². The maximum Gasteiger partial charge on any atom is 0.253 e. The highest BCUT2D eigenvalue weighted by molar-refractivity contribution is 5.94. The van der Waals surface area contributed by atoms with Crippen LogP contribution in [-0.2, 0) is 17.8 Å². The normalized spacial score (nSPS) is 19.8. The number of hydrogen-bond acceptors (Lipinski definition) is 5. The van der Waals surface area contributed by atoms with E-state index in [-0.39, 0.29) is 12.0 Å². The Labute approximate surface area is 230 Å². The number of anilines is 1. The van der Waals surface area contributed by atoms with Gasteiger partial charge in [-0.15, -0.1) is 0 Å². The topological polar surface area (TPSA) is 57.7 Å². The number of rotatable bonds is 9. The molecule has 200 valence electrons. The van der Waals surface area contributed by atoms with Crippen molar-refractivity contribution in [2.45, 2.75) is 57.3 Å². The summed E-state index contributed by atoms with van der Waals surface area (Å²) in [6.07, 6.45) is 5.80. The molecule has 0 aliphatic carbocycles. The summed E-state index contributed by atoms with van der Waals surface area (Å²) in [7, 11) is 0. The molecule has 6 nitrogen and oxygen atoms in total. The van der Waals surface area contributed by atoms with Crippen LogP contribution in [0.25, 0.3) is 10.9 Å². The lowest BCUT2D eigenvalue weighted by molar-refractivity contribution is 0.0423. The van der Waals surface area contributed by atoms with Gasteiger partial charge in [0, 0.05) is 55.3 Å². The van der Waals surface area contributed by atoms with Gasteiger partial charge in [-0.25, -0.2) is 0 Å². The minimum absolute atomic E-state index is 0.00146. The fourth-order valence-electron chi connectivity index (χ4n) is 6.07. The number of piperazine rings is 1. The predicted molar refractivity (Wildman–Crippen MR) is 155 cm³/mol. The summed E-state index contributed by atoms with van der Waals surface area (Å²) in [6, 6.07) is 29.5. The Morgan fingerprint density at radius 2 is 1.69 bits per heavy atom. The highest BCUT2D eigenvalue weighted by Gasteiger charge is 2.41. The Balaban J connectivity index is 1.04. The zero-order valence-electron chi connectivity index (χ0n) is 22.5. The van der Waals surface area contributed by atoms with Crippen molar-refractivity contribution in [1.29, 1.82) is 0 Å². The molecule has 3 unspecified atom stereocenters. The van der Waals surface area contributed by atoms with E-state index in [2.05, 4.69) is 76.9 Å². The summed E-state index contributed by atoms with van der Waals surface area (Å²) in [5, 5.41) is 1.14. The summed E-state index contributed by atoms with van der Waals surface area (Å²) < 4.78 is 0.